The van der Waals surface area contributed by atoms with Crippen LogP contribution in [0.25, 0.3) is 10.8 Å². The molecule has 0 heterocycles. The van der Waals surface area contributed by atoms with E-state index in [1.807, 2.05) is 31.1 Å². The molecular weight excluding hydrogens is 330 g/mol. The Morgan fingerprint density at radius 3 is 2.29 bits per heavy atom. The Hall–Kier alpha value is -2.16. The van der Waals surface area contributed by atoms with E-state index in [-0.39, 0.29) is 11.3 Å². The highest BCUT2D eigenvalue weighted by atomic mass is 32.2. The fourth-order valence-electron chi connectivity index (χ4n) is 2.54. The highest BCUT2D eigenvalue weighted by molar-refractivity contribution is 7.92. The second kappa shape index (κ2) is 6.76. The van der Waals surface area contributed by atoms with Crippen LogP contribution in [0.2, 0.25) is 0 Å². The first-order valence-corrected chi connectivity index (χ1v) is 8.88. The number of aliphatic carboxylic acids is 1. The van der Waals surface area contributed by atoms with E-state index in [4.69, 9.17) is 16.6 Å². The van der Waals surface area contributed by atoms with Gasteiger partial charge in [-0.1, -0.05) is 24.3 Å². The van der Waals surface area contributed by atoms with Crippen molar-refractivity contribution in [1.29, 1.82) is 0 Å². The molecule has 0 radical (unpaired) electrons. The maximum atomic E-state index is 12.8. The number of carboxylic acids is 1. The predicted molar refractivity (Wildman–Crippen MR) is 93.7 cm³/mol. The average Bonchev–Trinajstić information content (AvgIpc) is 2.53. The van der Waals surface area contributed by atoms with Crippen molar-refractivity contribution in [2.24, 2.45) is 11.5 Å². The molecule has 2 rings (SSSR count). The molecule has 0 aliphatic heterocycles. The molecule has 0 saturated heterocycles. The van der Waals surface area contributed by atoms with Crippen molar-refractivity contribution in [3.63, 3.8) is 0 Å². The van der Waals surface area contributed by atoms with Crippen LogP contribution in [0.4, 0.5) is 5.69 Å². The summed E-state index contributed by atoms with van der Waals surface area (Å²) in [6.07, 6.45) is -0.360. The molecule has 2 aromatic rings. The van der Waals surface area contributed by atoms with Crippen LogP contribution in [0, 0.1) is 0 Å². The smallest absolute Gasteiger partial charge is 0.320 e. The fourth-order valence-corrected chi connectivity index (χ4v) is 4.08. The molecule has 5 N–H and O–H groups in total. The van der Waals surface area contributed by atoms with Crippen LogP contribution < -0.4 is 16.4 Å². The zero-order valence-electron chi connectivity index (χ0n) is 13.5. The predicted octanol–water partition coefficient (Wildman–Crippen LogP) is 0.766. The number of sulfone groups is 1. The summed E-state index contributed by atoms with van der Waals surface area (Å²) in [5.41, 5.74) is 12.1. The van der Waals surface area contributed by atoms with Gasteiger partial charge in [0.25, 0.3) is 0 Å². The Balaban J connectivity index is 2.55. The van der Waals surface area contributed by atoms with Gasteiger partial charge in [-0.15, -0.1) is 0 Å². The number of carboxylic acid groups (broad SMARTS) is 1. The molecule has 0 aliphatic rings. The third-order valence-corrected chi connectivity index (χ3v) is 5.81. The molecule has 0 fully saturated rings. The minimum atomic E-state index is -3.92. The van der Waals surface area contributed by atoms with Gasteiger partial charge in [0, 0.05) is 37.0 Å². The molecule has 0 spiro atoms. The van der Waals surface area contributed by atoms with E-state index in [0.29, 0.717) is 5.39 Å². The van der Waals surface area contributed by atoms with E-state index >= 15 is 0 Å². The average molecular weight is 351 g/mol. The van der Waals surface area contributed by atoms with E-state index in [1.54, 1.807) is 18.2 Å². The first-order chi connectivity index (χ1) is 11.2. The van der Waals surface area contributed by atoms with Crippen LogP contribution in [-0.4, -0.2) is 45.0 Å². The summed E-state index contributed by atoms with van der Waals surface area (Å²) in [7, 11) is -0.183. The van der Waals surface area contributed by atoms with Gasteiger partial charge in [0.2, 0.25) is 0 Å². The Bertz CT molecular complexity index is 865. The summed E-state index contributed by atoms with van der Waals surface area (Å²) in [5.74, 6) is -1.28. The molecule has 24 heavy (non-hydrogen) atoms. The molecule has 0 bridgehead atoms. The van der Waals surface area contributed by atoms with Crippen LogP contribution in [-0.2, 0) is 14.6 Å². The quantitative estimate of drug-likeness (QED) is 0.701. The molecule has 7 nitrogen and oxygen atoms in total. The third-order valence-electron chi connectivity index (χ3n) is 3.85. The molecule has 130 valence electrons. The van der Waals surface area contributed by atoms with E-state index in [9.17, 15) is 13.2 Å². The number of hydrogen-bond acceptors (Lipinski definition) is 6. The number of nitrogens with two attached hydrogens (primary N) is 2. The Labute approximate surface area is 140 Å². The number of nitrogens with zero attached hydrogens (tertiary/aromatic N) is 1. The normalized spacial score (nSPS) is 14.3. The minimum absolute atomic E-state index is 0.0776. The number of fused-ring (bicyclic) bond motifs is 1. The van der Waals surface area contributed by atoms with Crippen LogP contribution in [0.5, 0.6) is 0 Å². The zero-order valence-corrected chi connectivity index (χ0v) is 14.3. The summed E-state index contributed by atoms with van der Waals surface area (Å²) < 4.78 is 25.6. The summed E-state index contributed by atoms with van der Waals surface area (Å²) in [6.45, 7) is 0. The summed E-state index contributed by atoms with van der Waals surface area (Å²) in [5, 5.41) is 8.78. The van der Waals surface area contributed by atoms with Crippen LogP contribution in [0.1, 0.15) is 6.42 Å². The van der Waals surface area contributed by atoms with Gasteiger partial charge in [-0.25, -0.2) is 8.42 Å². The molecule has 0 aliphatic carbocycles. The Kier molecular flexibility index (Phi) is 5.12. The van der Waals surface area contributed by atoms with Gasteiger partial charge in [0.1, 0.15) is 11.4 Å². The zero-order chi connectivity index (χ0) is 18.1. The fraction of sp³-hybridized carbons (Fsp3) is 0.312. The second-order valence-electron chi connectivity index (χ2n) is 5.79. The lowest BCUT2D eigenvalue weighted by Crippen LogP contribution is -2.41. The maximum Gasteiger partial charge on any atom is 0.320 e. The van der Waals surface area contributed by atoms with Gasteiger partial charge in [-0.2, -0.15) is 0 Å². The SMILES string of the molecule is CN(C)c1cccc2c(S(=O)(=O)C(N)CC(N)C(=O)O)cccc12. The van der Waals surface area contributed by atoms with Crippen molar-refractivity contribution in [3.05, 3.63) is 36.4 Å². The minimum Gasteiger partial charge on any atom is -0.480 e. The van der Waals surface area contributed by atoms with E-state index in [0.717, 1.165) is 11.1 Å². The molecule has 2 aromatic carbocycles. The lowest BCUT2D eigenvalue weighted by atomic mass is 10.1. The molecule has 0 aromatic heterocycles. The van der Waals surface area contributed by atoms with E-state index in [1.165, 1.54) is 6.07 Å². The molecular formula is C16H21N3O4S. The van der Waals surface area contributed by atoms with Gasteiger partial charge >= 0.3 is 5.97 Å². The van der Waals surface area contributed by atoms with Gasteiger partial charge in [-0.3, -0.25) is 4.79 Å². The number of hydrogen-bond donors (Lipinski definition) is 3. The van der Waals surface area contributed by atoms with Crippen molar-refractivity contribution in [2.75, 3.05) is 19.0 Å². The standard InChI is InChI=1S/C16H21N3O4S/c1-19(2)13-7-3-6-11-10(13)5-4-8-14(11)24(22,23)15(18)9-12(17)16(20)21/h3-8,12,15H,9,17-18H2,1-2H3,(H,20,21). The second-order valence-corrected chi connectivity index (χ2v) is 7.92. The highest BCUT2D eigenvalue weighted by Gasteiger charge is 2.29. The molecule has 0 amide bonds. The monoisotopic (exact) mass is 351 g/mol. The summed E-state index contributed by atoms with van der Waals surface area (Å²) in [6, 6.07) is 8.98. The van der Waals surface area contributed by atoms with Crippen LogP contribution in [0.3, 0.4) is 0 Å². The highest BCUT2D eigenvalue weighted by Crippen LogP contribution is 2.31. The van der Waals surface area contributed by atoms with Crippen molar-refractivity contribution < 1.29 is 18.3 Å². The molecule has 2 atom stereocenters. The summed E-state index contributed by atoms with van der Waals surface area (Å²) >= 11 is 0. The van der Waals surface area contributed by atoms with Gasteiger partial charge in [0.05, 0.1) is 4.90 Å². The van der Waals surface area contributed by atoms with E-state index < -0.39 is 27.2 Å². The lowest BCUT2D eigenvalue weighted by Gasteiger charge is -2.19. The third kappa shape index (κ3) is 3.35. The summed E-state index contributed by atoms with van der Waals surface area (Å²) in [4.78, 5) is 12.8. The number of carbonyl (C=O) groups is 1. The van der Waals surface area contributed by atoms with Crippen LogP contribution in [0.15, 0.2) is 41.3 Å². The maximum absolute atomic E-state index is 12.8. The van der Waals surface area contributed by atoms with Crippen molar-refractivity contribution in [1.82, 2.24) is 0 Å². The van der Waals surface area contributed by atoms with Gasteiger partial charge in [-0.05, 0) is 12.1 Å². The molecule has 2 unspecified atom stereocenters. The largest absolute Gasteiger partial charge is 0.480 e. The lowest BCUT2D eigenvalue weighted by molar-refractivity contribution is -0.138. The van der Waals surface area contributed by atoms with Crippen molar-refractivity contribution in [3.8, 4) is 0 Å². The molecule has 8 heteroatoms. The topological polar surface area (TPSA) is 127 Å². The molecule has 0 saturated carbocycles. The number of benzene rings is 2. The van der Waals surface area contributed by atoms with Gasteiger partial charge in [0.15, 0.2) is 9.84 Å². The van der Waals surface area contributed by atoms with Crippen LogP contribution >= 0.6 is 0 Å². The number of rotatable bonds is 6. The first kappa shape index (κ1) is 18.2. The number of anilines is 1. The first-order valence-electron chi connectivity index (χ1n) is 7.33. The van der Waals surface area contributed by atoms with Gasteiger partial charge < -0.3 is 21.5 Å². The Morgan fingerprint density at radius 1 is 1.12 bits per heavy atom. The van der Waals surface area contributed by atoms with Crippen molar-refractivity contribution in [2.45, 2.75) is 22.7 Å². The van der Waals surface area contributed by atoms with Crippen molar-refractivity contribution >= 4 is 32.3 Å². The Morgan fingerprint density at radius 2 is 1.71 bits per heavy atom. The van der Waals surface area contributed by atoms with E-state index in [2.05, 4.69) is 0 Å².